The normalized spacial score (nSPS) is 16.3. The molecule has 174 valence electrons. The highest BCUT2D eigenvalue weighted by atomic mass is 127. The zero-order chi connectivity index (χ0) is 22.4. The van der Waals surface area contributed by atoms with E-state index < -0.39 is 0 Å². The molecule has 0 bridgehead atoms. The molecule has 1 amide bonds. The van der Waals surface area contributed by atoms with Gasteiger partial charge >= 0.3 is 0 Å². The Labute approximate surface area is 209 Å². The number of carbonyl (C=O) groups is 1. The summed E-state index contributed by atoms with van der Waals surface area (Å²) in [6, 6.07) is 16.7. The summed E-state index contributed by atoms with van der Waals surface area (Å²) in [6.07, 6.45) is 1.07. The van der Waals surface area contributed by atoms with Crippen molar-refractivity contribution in [2.24, 2.45) is 4.99 Å². The van der Waals surface area contributed by atoms with Crippen molar-refractivity contribution < 1.29 is 4.79 Å². The van der Waals surface area contributed by atoms with Gasteiger partial charge in [-0.3, -0.25) is 9.79 Å². The van der Waals surface area contributed by atoms with Gasteiger partial charge in [-0.05, 0) is 63.9 Å². The molecule has 0 radical (unpaired) electrons. The van der Waals surface area contributed by atoms with Crippen molar-refractivity contribution in [3.05, 3.63) is 65.2 Å². The van der Waals surface area contributed by atoms with Gasteiger partial charge in [-0.2, -0.15) is 0 Å². The van der Waals surface area contributed by atoms with E-state index in [0.717, 1.165) is 31.0 Å². The molecule has 7 heteroatoms. The molecule has 1 aliphatic rings. The van der Waals surface area contributed by atoms with Crippen molar-refractivity contribution >= 4 is 41.5 Å². The quantitative estimate of drug-likeness (QED) is 0.299. The van der Waals surface area contributed by atoms with Crippen LogP contribution in [0, 0.1) is 6.92 Å². The number of nitrogens with one attached hydrogen (secondary N) is 3. The van der Waals surface area contributed by atoms with E-state index in [-0.39, 0.29) is 35.4 Å². The monoisotopic (exact) mass is 549 g/mol. The maximum Gasteiger partial charge on any atom is 0.251 e. The van der Waals surface area contributed by atoms with Gasteiger partial charge in [-0.1, -0.05) is 29.8 Å². The molecule has 3 rings (SSSR count). The van der Waals surface area contributed by atoms with Crippen LogP contribution in [0.1, 0.15) is 48.7 Å². The average molecular weight is 550 g/mol. The lowest BCUT2D eigenvalue weighted by atomic mass is 10.1. The molecule has 32 heavy (non-hydrogen) atoms. The topological polar surface area (TPSA) is 68.8 Å². The first-order valence-corrected chi connectivity index (χ1v) is 10.9. The molecule has 0 aliphatic carbocycles. The van der Waals surface area contributed by atoms with Gasteiger partial charge in [0.05, 0.1) is 0 Å². The first-order chi connectivity index (χ1) is 14.7. The number of rotatable bonds is 5. The first kappa shape index (κ1) is 26.0. The molecule has 1 heterocycles. The van der Waals surface area contributed by atoms with Crippen LogP contribution in [0.5, 0.6) is 0 Å². The number of hydrogen-bond donors (Lipinski definition) is 3. The van der Waals surface area contributed by atoms with Crippen molar-refractivity contribution in [3.8, 4) is 0 Å². The van der Waals surface area contributed by atoms with E-state index in [1.54, 1.807) is 7.05 Å². The van der Waals surface area contributed by atoms with Gasteiger partial charge in [0.1, 0.15) is 0 Å². The van der Waals surface area contributed by atoms with Crippen molar-refractivity contribution in [1.29, 1.82) is 0 Å². The highest BCUT2D eigenvalue weighted by Gasteiger charge is 2.23. The summed E-state index contributed by atoms with van der Waals surface area (Å²) >= 11 is 0. The Morgan fingerprint density at radius 2 is 1.88 bits per heavy atom. The van der Waals surface area contributed by atoms with Gasteiger partial charge < -0.3 is 20.9 Å². The molecule has 0 aromatic heterocycles. The van der Waals surface area contributed by atoms with Gasteiger partial charge in [0.25, 0.3) is 5.91 Å². The van der Waals surface area contributed by atoms with E-state index in [1.807, 2.05) is 45.0 Å². The number of aryl methyl sites for hydroxylation is 1. The average Bonchev–Trinajstić information content (AvgIpc) is 3.19. The number of carbonyl (C=O) groups excluding carboxylic acids is 1. The van der Waals surface area contributed by atoms with Crippen LogP contribution in [0.3, 0.4) is 0 Å². The van der Waals surface area contributed by atoms with Crippen LogP contribution >= 0.6 is 24.0 Å². The summed E-state index contributed by atoms with van der Waals surface area (Å²) in [5, 5.41) is 9.92. The minimum atomic E-state index is -0.259. The first-order valence-electron chi connectivity index (χ1n) is 10.9. The molecular weight excluding hydrogens is 513 g/mol. The molecule has 2 aromatic carbocycles. The Bertz CT molecular complexity index is 921. The molecule has 1 aliphatic heterocycles. The third-order valence-electron chi connectivity index (χ3n) is 5.29. The number of anilines is 1. The lowest BCUT2D eigenvalue weighted by Crippen LogP contribution is -2.44. The molecule has 1 atom stereocenters. The van der Waals surface area contributed by atoms with E-state index in [9.17, 15) is 4.79 Å². The van der Waals surface area contributed by atoms with Crippen molar-refractivity contribution in [3.63, 3.8) is 0 Å². The molecule has 0 spiro atoms. The van der Waals surface area contributed by atoms with E-state index in [4.69, 9.17) is 0 Å². The number of halogens is 1. The number of amides is 1. The highest BCUT2D eigenvalue weighted by molar-refractivity contribution is 14.0. The third-order valence-corrected chi connectivity index (χ3v) is 5.29. The number of benzene rings is 2. The van der Waals surface area contributed by atoms with Gasteiger partial charge in [0.2, 0.25) is 0 Å². The van der Waals surface area contributed by atoms with Gasteiger partial charge in [0, 0.05) is 49.5 Å². The SMILES string of the molecule is CN=C(NCc1cccc(C(=O)NC(C)(C)C)c1)NC1CCN(c2ccc(C)cc2)C1.I. The number of guanidine groups is 1. The van der Waals surface area contributed by atoms with E-state index in [2.05, 4.69) is 57.0 Å². The summed E-state index contributed by atoms with van der Waals surface area (Å²) in [6.45, 7) is 10.6. The maximum atomic E-state index is 12.4. The lowest BCUT2D eigenvalue weighted by Gasteiger charge is -2.21. The molecule has 2 aromatic rings. The molecule has 1 saturated heterocycles. The van der Waals surface area contributed by atoms with Gasteiger partial charge in [0.15, 0.2) is 5.96 Å². The summed E-state index contributed by atoms with van der Waals surface area (Å²) in [5.74, 6) is 0.722. The van der Waals surface area contributed by atoms with Crippen LogP contribution in [0.15, 0.2) is 53.5 Å². The lowest BCUT2D eigenvalue weighted by molar-refractivity contribution is 0.0919. The molecule has 6 nitrogen and oxygen atoms in total. The summed E-state index contributed by atoms with van der Waals surface area (Å²) < 4.78 is 0. The zero-order valence-electron chi connectivity index (χ0n) is 19.7. The van der Waals surface area contributed by atoms with Crippen molar-refractivity contribution in [2.75, 3.05) is 25.0 Å². The summed E-state index contributed by atoms with van der Waals surface area (Å²) in [4.78, 5) is 19.2. The number of aliphatic imine (C=N–C) groups is 1. The van der Waals surface area contributed by atoms with Crippen molar-refractivity contribution in [1.82, 2.24) is 16.0 Å². The van der Waals surface area contributed by atoms with Crippen molar-refractivity contribution in [2.45, 2.75) is 52.2 Å². The second-order valence-electron chi connectivity index (χ2n) is 9.24. The summed E-state index contributed by atoms with van der Waals surface area (Å²) in [5.41, 5.74) is 4.00. The minimum Gasteiger partial charge on any atom is -0.369 e. The fourth-order valence-corrected chi connectivity index (χ4v) is 3.68. The van der Waals surface area contributed by atoms with Gasteiger partial charge in [-0.15, -0.1) is 24.0 Å². The Morgan fingerprint density at radius 3 is 2.53 bits per heavy atom. The zero-order valence-corrected chi connectivity index (χ0v) is 22.1. The van der Waals surface area contributed by atoms with Gasteiger partial charge in [-0.25, -0.2) is 0 Å². The Balaban J connectivity index is 0.00000363. The van der Waals surface area contributed by atoms with Crippen LogP contribution < -0.4 is 20.9 Å². The standard InChI is InChI=1S/C25H35N5O.HI/c1-18-9-11-22(12-10-18)30-14-13-21(17-30)28-24(26-5)27-16-19-7-6-8-20(15-19)23(31)29-25(2,3)4;/h6-12,15,21H,13-14,16-17H2,1-5H3,(H,29,31)(H2,26,27,28);1H. The molecule has 1 fully saturated rings. The maximum absolute atomic E-state index is 12.4. The fraction of sp³-hybridized carbons (Fsp3) is 0.440. The second kappa shape index (κ2) is 11.5. The predicted molar refractivity (Wildman–Crippen MR) is 144 cm³/mol. The largest absolute Gasteiger partial charge is 0.369 e. The number of nitrogens with zero attached hydrogens (tertiary/aromatic N) is 2. The van der Waals surface area contributed by atoms with Crippen LogP contribution in [-0.4, -0.2) is 43.6 Å². The predicted octanol–water partition coefficient (Wildman–Crippen LogP) is 4.09. The molecular formula is C25H36IN5O. The minimum absolute atomic E-state index is 0. The van der Waals surface area contributed by atoms with Crippen LogP contribution in [0.25, 0.3) is 0 Å². The fourth-order valence-electron chi connectivity index (χ4n) is 3.68. The van der Waals surface area contributed by atoms with Crippen LogP contribution in [0.4, 0.5) is 5.69 Å². The molecule has 0 saturated carbocycles. The number of hydrogen-bond acceptors (Lipinski definition) is 3. The Morgan fingerprint density at radius 1 is 1.16 bits per heavy atom. The molecule has 3 N–H and O–H groups in total. The Kier molecular flexibility index (Phi) is 9.36. The van der Waals surface area contributed by atoms with Crippen LogP contribution in [0.2, 0.25) is 0 Å². The van der Waals surface area contributed by atoms with E-state index >= 15 is 0 Å². The van der Waals surface area contributed by atoms with Crippen LogP contribution in [-0.2, 0) is 6.54 Å². The highest BCUT2D eigenvalue weighted by Crippen LogP contribution is 2.20. The molecule has 1 unspecified atom stereocenters. The second-order valence-corrected chi connectivity index (χ2v) is 9.24. The third kappa shape index (κ3) is 7.69. The smallest absolute Gasteiger partial charge is 0.251 e. The Hall–Kier alpha value is -2.29. The summed E-state index contributed by atoms with van der Waals surface area (Å²) in [7, 11) is 1.79. The van der Waals surface area contributed by atoms with E-state index in [0.29, 0.717) is 18.2 Å². The van der Waals surface area contributed by atoms with E-state index in [1.165, 1.54) is 11.3 Å².